The van der Waals surface area contributed by atoms with E-state index in [0.717, 1.165) is 0 Å². The molecule has 56 valence electrons. The molecule has 0 rings (SSSR count). The Bertz CT molecular complexity index is 135. The molecule has 10 heavy (non-hydrogen) atoms. The summed E-state index contributed by atoms with van der Waals surface area (Å²) < 4.78 is 0. The Kier molecular flexibility index (Phi) is 8.10. The number of hydrogen-bond donors (Lipinski definition) is 2. The van der Waals surface area contributed by atoms with Gasteiger partial charge in [-0.2, -0.15) is 0 Å². The first-order valence-corrected chi connectivity index (χ1v) is 2.07. The standard InChI is InChI=1S/2C2H4N2O/c2*1-4-2(3)5/h2*1H2,(H2,3,5). The van der Waals surface area contributed by atoms with Crippen molar-refractivity contribution in [3.63, 3.8) is 0 Å². The summed E-state index contributed by atoms with van der Waals surface area (Å²) in [5, 5.41) is 0. The molecule has 0 aliphatic carbocycles. The summed E-state index contributed by atoms with van der Waals surface area (Å²) in [6, 6.07) is -1.46. The first-order chi connectivity index (χ1) is 4.54. The van der Waals surface area contributed by atoms with E-state index in [4.69, 9.17) is 0 Å². The highest BCUT2D eigenvalue weighted by molar-refractivity contribution is 5.76. The number of amides is 4. The monoisotopic (exact) mass is 144 g/mol. The zero-order valence-electron chi connectivity index (χ0n) is 5.28. The van der Waals surface area contributed by atoms with Gasteiger partial charge in [0.2, 0.25) is 0 Å². The van der Waals surface area contributed by atoms with Gasteiger partial charge in [0.25, 0.3) is 0 Å². The number of nitrogens with two attached hydrogens (primary N) is 2. The lowest BCUT2D eigenvalue weighted by molar-refractivity contribution is 0.256. The zero-order valence-corrected chi connectivity index (χ0v) is 5.28. The van der Waals surface area contributed by atoms with Crippen LogP contribution in [-0.4, -0.2) is 25.5 Å². The first-order valence-electron chi connectivity index (χ1n) is 2.07. The Morgan fingerprint density at radius 2 is 1.10 bits per heavy atom. The van der Waals surface area contributed by atoms with Crippen LogP contribution < -0.4 is 11.5 Å². The fourth-order valence-electron chi connectivity index (χ4n) is 0. The average molecular weight is 144 g/mol. The molecule has 0 heterocycles. The maximum atomic E-state index is 9.36. The second kappa shape index (κ2) is 7.28. The minimum atomic E-state index is -0.731. The van der Waals surface area contributed by atoms with Crippen molar-refractivity contribution in [3.05, 3.63) is 0 Å². The summed E-state index contributed by atoms with van der Waals surface area (Å²) in [5.41, 5.74) is 8.85. The quantitative estimate of drug-likeness (QED) is 0.448. The summed E-state index contributed by atoms with van der Waals surface area (Å²) >= 11 is 0. The van der Waals surface area contributed by atoms with Crippen molar-refractivity contribution in [2.75, 3.05) is 0 Å². The minimum Gasteiger partial charge on any atom is -0.350 e. The number of nitrogens with zero attached hydrogens (tertiary/aromatic N) is 2. The molecule has 0 aliphatic heterocycles. The Labute approximate surface area is 57.6 Å². The van der Waals surface area contributed by atoms with Crippen molar-refractivity contribution in [3.8, 4) is 0 Å². The largest absolute Gasteiger partial charge is 0.350 e. The fraction of sp³-hybridized carbons (Fsp3) is 0. The summed E-state index contributed by atoms with van der Waals surface area (Å²) in [7, 11) is 0. The molecule has 6 heteroatoms. The van der Waals surface area contributed by atoms with Crippen LogP contribution in [0.5, 0.6) is 0 Å². The van der Waals surface area contributed by atoms with Gasteiger partial charge < -0.3 is 11.5 Å². The van der Waals surface area contributed by atoms with E-state index in [1.165, 1.54) is 0 Å². The Hall–Kier alpha value is -1.72. The predicted molar refractivity (Wildman–Crippen MR) is 38.3 cm³/mol. The molecule has 0 saturated heterocycles. The SMILES string of the molecule is C=NC(N)=O.C=NC(N)=O. The highest BCUT2D eigenvalue weighted by atomic mass is 16.2. The molecule has 0 aromatic carbocycles. The lowest BCUT2D eigenvalue weighted by Gasteiger charge is -1.66. The fourth-order valence-corrected chi connectivity index (χ4v) is 0. The van der Waals surface area contributed by atoms with Gasteiger partial charge >= 0.3 is 12.1 Å². The van der Waals surface area contributed by atoms with Gasteiger partial charge in [0, 0.05) is 0 Å². The second-order valence-corrected chi connectivity index (χ2v) is 0.993. The van der Waals surface area contributed by atoms with Crippen molar-refractivity contribution >= 4 is 25.5 Å². The number of carbonyl (C=O) groups excluding carboxylic acids is 2. The van der Waals surface area contributed by atoms with Crippen LogP contribution in [0, 0.1) is 0 Å². The number of hydrogen-bond acceptors (Lipinski definition) is 2. The number of carbonyl (C=O) groups is 2. The molecule has 0 unspecified atom stereocenters. The van der Waals surface area contributed by atoms with E-state index >= 15 is 0 Å². The maximum Gasteiger partial charge on any atom is 0.337 e. The molecule has 0 aliphatic rings. The van der Waals surface area contributed by atoms with Crippen LogP contribution in [0.4, 0.5) is 9.59 Å². The second-order valence-electron chi connectivity index (χ2n) is 0.993. The van der Waals surface area contributed by atoms with Gasteiger partial charge in [-0.25, -0.2) is 19.6 Å². The molecule has 6 nitrogen and oxygen atoms in total. The maximum absolute atomic E-state index is 9.36. The van der Waals surface area contributed by atoms with Crippen LogP contribution >= 0.6 is 0 Å². The molecule has 4 N–H and O–H groups in total. The third-order valence-corrected chi connectivity index (χ3v) is 0.312. The zero-order chi connectivity index (χ0) is 8.57. The molecule has 0 spiro atoms. The minimum absolute atomic E-state index is 0.731. The van der Waals surface area contributed by atoms with Crippen LogP contribution in [0.25, 0.3) is 0 Å². The van der Waals surface area contributed by atoms with Crippen LogP contribution in [0.15, 0.2) is 9.98 Å². The summed E-state index contributed by atoms with van der Waals surface area (Å²) in [6.07, 6.45) is 0. The number of aliphatic imine (C=N–C) groups is 2. The highest BCUT2D eigenvalue weighted by Gasteiger charge is 1.71. The number of urea groups is 2. The number of rotatable bonds is 0. The molecule has 0 aromatic rings. The molecule has 0 radical (unpaired) electrons. The van der Waals surface area contributed by atoms with Crippen LogP contribution in [-0.2, 0) is 0 Å². The van der Waals surface area contributed by atoms with E-state index < -0.39 is 12.1 Å². The van der Waals surface area contributed by atoms with Gasteiger partial charge in [0.15, 0.2) is 0 Å². The summed E-state index contributed by atoms with van der Waals surface area (Å²) in [4.78, 5) is 24.3. The van der Waals surface area contributed by atoms with Crippen molar-refractivity contribution in [2.24, 2.45) is 21.5 Å². The molecule has 0 atom stereocenters. The number of primary amides is 2. The van der Waals surface area contributed by atoms with Crippen molar-refractivity contribution < 1.29 is 9.59 Å². The molecule has 0 saturated carbocycles. The van der Waals surface area contributed by atoms with E-state index in [1.807, 2.05) is 0 Å². The van der Waals surface area contributed by atoms with Gasteiger partial charge in [0.1, 0.15) is 0 Å². The van der Waals surface area contributed by atoms with Gasteiger partial charge in [-0.05, 0) is 13.4 Å². The van der Waals surface area contributed by atoms with Crippen molar-refractivity contribution in [1.29, 1.82) is 0 Å². The molecule has 4 amide bonds. The summed E-state index contributed by atoms with van der Waals surface area (Å²) in [6.45, 7) is 5.67. The molecular weight excluding hydrogens is 136 g/mol. The normalized spacial score (nSPS) is 6.40. The van der Waals surface area contributed by atoms with E-state index in [9.17, 15) is 9.59 Å². The lowest BCUT2D eigenvalue weighted by atomic mass is 11.1. The van der Waals surface area contributed by atoms with Gasteiger partial charge in [-0.15, -0.1) is 0 Å². The molecule has 0 bridgehead atoms. The van der Waals surface area contributed by atoms with Crippen molar-refractivity contribution in [1.82, 2.24) is 0 Å². The van der Waals surface area contributed by atoms with E-state index in [-0.39, 0.29) is 0 Å². The van der Waals surface area contributed by atoms with Crippen LogP contribution in [0.2, 0.25) is 0 Å². The average Bonchev–Trinajstić information content (AvgIpc) is 1.89. The Balaban J connectivity index is 0. The first kappa shape index (κ1) is 11.1. The van der Waals surface area contributed by atoms with Crippen LogP contribution in [0.1, 0.15) is 0 Å². The highest BCUT2D eigenvalue weighted by Crippen LogP contribution is 1.53. The summed E-state index contributed by atoms with van der Waals surface area (Å²) in [5.74, 6) is 0. The smallest absolute Gasteiger partial charge is 0.337 e. The van der Waals surface area contributed by atoms with Gasteiger partial charge in [-0.3, -0.25) is 0 Å². The molecular formula is C4H8N4O2. The Morgan fingerprint density at radius 1 is 1.00 bits per heavy atom. The Morgan fingerprint density at radius 3 is 1.10 bits per heavy atom. The predicted octanol–water partition coefficient (Wildman–Crippen LogP) is -0.469. The van der Waals surface area contributed by atoms with E-state index in [0.29, 0.717) is 0 Å². The topological polar surface area (TPSA) is 111 Å². The third-order valence-electron chi connectivity index (χ3n) is 0.312. The molecule has 0 aromatic heterocycles. The van der Waals surface area contributed by atoms with Crippen LogP contribution in [0.3, 0.4) is 0 Å². The van der Waals surface area contributed by atoms with E-state index in [1.54, 1.807) is 0 Å². The lowest BCUT2D eigenvalue weighted by Crippen LogP contribution is -2.01. The molecule has 0 fully saturated rings. The van der Waals surface area contributed by atoms with E-state index in [2.05, 4.69) is 34.9 Å². The van der Waals surface area contributed by atoms with Gasteiger partial charge in [0.05, 0.1) is 0 Å². The van der Waals surface area contributed by atoms with Gasteiger partial charge in [-0.1, -0.05) is 0 Å². The third kappa shape index (κ3) is 33.7. The van der Waals surface area contributed by atoms with Crippen molar-refractivity contribution in [2.45, 2.75) is 0 Å².